The molecule has 0 aromatic rings. The fourth-order valence-corrected chi connectivity index (χ4v) is 0.0695. The first kappa shape index (κ1) is 12.7. The average Bonchev–Trinajstić information content (AvgIpc) is 1.58. The van der Waals surface area contributed by atoms with E-state index in [1.807, 2.05) is 0 Å². The topological polar surface area (TPSA) is 183 Å². The van der Waals surface area contributed by atoms with Crippen molar-refractivity contribution in [1.82, 2.24) is 0 Å². The Labute approximate surface area is 63.7 Å². The van der Waals surface area contributed by atoms with Crippen molar-refractivity contribution in [3.05, 3.63) is 0 Å². The van der Waals surface area contributed by atoms with Crippen molar-refractivity contribution in [3.8, 4) is 6.19 Å². The molecule has 0 aromatic heterocycles. The van der Waals surface area contributed by atoms with Crippen LogP contribution in [0, 0.1) is 27.1 Å². The zero-order valence-corrected chi connectivity index (χ0v) is 5.87. The van der Waals surface area contributed by atoms with Crippen LogP contribution >= 0.6 is 0 Å². The van der Waals surface area contributed by atoms with E-state index in [4.69, 9.17) is 35.0 Å². The van der Waals surface area contributed by atoms with Crippen LogP contribution < -0.4 is 29.7 Å². The molecule has 0 aliphatic heterocycles. The van der Waals surface area contributed by atoms with Crippen LogP contribution in [0.25, 0.3) is 0 Å². The van der Waals surface area contributed by atoms with Crippen molar-refractivity contribution in [2.45, 2.75) is 0 Å². The summed E-state index contributed by atoms with van der Waals surface area (Å²) < 4.78 is 34.0. The molecule has 11 heavy (non-hydrogen) atoms. The fraction of sp³-hybridized carbons (Fsp3) is 0. The number of nitrogens with two attached hydrogens (primary N) is 2. The first-order valence-electron chi connectivity index (χ1n) is 1.96. The predicted molar refractivity (Wildman–Crippen MR) is 19.5 cm³/mol. The Morgan fingerprint density at radius 2 is 1.73 bits per heavy atom. The largest absolute Gasteiger partial charge is 0.337 e. The summed E-state index contributed by atoms with van der Waals surface area (Å²) in [5.74, 6) is -0.197. The quantitative estimate of drug-likeness (QED) is 0.191. The van der Waals surface area contributed by atoms with Gasteiger partial charge in [0, 0.05) is 0 Å². The van der Waals surface area contributed by atoms with Crippen LogP contribution in [0.2, 0.25) is 0 Å². The molecule has 64 valence electrons. The van der Waals surface area contributed by atoms with E-state index in [0.29, 0.717) is 0 Å². The molecule has 9 heteroatoms. The highest BCUT2D eigenvalue weighted by molar-refractivity contribution is 5.63. The predicted octanol–water partition coefficient (Wildman–Crippen LogP) is -6.83. The van der Waals surface area contributed by atoms with Gasteiger partial charge in [0.2, 0.25) is 0 Å². The molecule has 0 bridgehead atoms. The third-order valence-electron chi connectivity index (χ3n) is 0.220. The Morgan fingerprint density at radius 1 is 1.45 bits per heavy atom. The van der Waals surface area contributed by atoms with Crippen LogP contribution in [0.15, 0.2) is 0 Å². The molecule has 0 rings (SSSR count). The van der Waals surface area contributed by atoms with Gasteiger partial charge >= 0.3 is 12.2 Å². The van der Waals surface area contributed by atoms with Crippen LogP contribution in [0.3, 0.4) is 0 Å². The van der Waals surface area contributed by atoms with Crippen molar-refractivity contribution in [2.75, 3.05) is 0 Å². The minimum absolute atomic E-state index is 0.197. The summed E-state index contributed by atoms with van der Waals surface area (Å²) in [5.41, 5.74) is 4.71. The van der Waals surface area contributed by atoms with E-state index in [9.17, 15) is 0 Å². The zero-order valence-electron chi connectivity index (χ0n) is 5.11. The van der Waals surface area contributed by atoms with E-state index in [0.717, 1.165) is 5.32 Å². The van der Waals surface area contributed by atoms with Gasteiger partial charge in [-0.3, -0.25) is 0 Å². The van der Waals surface area contributed by atoms with E-state index in [-0.39, 0.29) is 5.96 Å². The minimum atomic E-state index is -4.94. The summed E-state index contributed by atoms with van der Waals surface area (Å²) >= 11 is 0. The maximum absolute atomic E-state index is 8.49. The number of nitrogens with one attached hydrogen (secondary N) is 1. The standard InChI is InChI=1S/C2H4N4.ClHO4/c3-1-6-2(4)5;2-1(3,4)5/h(H4,4,5,6);(H,2,3,4,5). The third kappa shape index (κ3) is 107. The minimum Gasteiger partial charge on any atom is -0.337 e. The Bertz CT molecular complexity index is 152. The first-order chi connectivity index (χ1) is 4.77. The smallest absolute Gasteiger partial charge is 0.313 e. The Kier molecular flexibility index (Phi) is 6.70. The molecule has 0 unspecified atom stereocenters. The number of hydrogen-bond acceptors (Lipinski definition) is 6. The molecule has 0 aliphatic rings. The number of halogens is 1. The van der Waals surface area contributed by atoms with E-state index in [1.54, 1.807) is 6.19 Å². The lowest BCUT2D eigenvalue weighted by atomic mass is 11.0. The first-order valence-corrected chi connectivity index (χ1v) is 3.19. The van der Waals surface area contributed by atoms with Crippen molar-refractivity contribution in [2.24, 2.45) is 5.73 Å². The number of rotatable bonds is 0. The van der Waals surface area contributed by atoms with Gasteiger partial charge in [0.1, 0.15) is 0 Å². The third-order valence-corrected chi connectivity index (χ3v) is 0.220. The summed E-state index contributed by atoms with van der Waals surface area (Å²) in [6.07, 6.45) is 1.59. The van der Waals surface area contributed by atoms with Gasteiger partial charge in [-0.2, -0.15) is 5.32 Å². The molecule has 0 amide bonds. The normalized spacial score (nSPS) is 9.00. The molecule has 0 atom stereocenters. The summed E-state index contributed by atoms with van der Waals surface area (Å²) in [7, 11) is -4.94. The Balaban J connectivity index is 0. The lowest BCUT2D eigenvalue weighted by Gasteiger charge is -2.17. The van der Waals surface area contributed by atoms with Crippen molar-refractivity contribution < 1.29 is 34.2 Å². The zero-order chi connectivity index (χ0) is 9.49. The average molecular weight is 185 g/mol. The Morgan fingerprint density at radius 3 is 1.73 bits per heavy atom. The molecule has 0 saturated heterocycles. The molecule has 0 spiro atoms. The van der Waals surface area contributed by atoms with Gasteiger partial charge in [0.05, 0.1) is 0 Å². The lowest BCUT2D eigenvalue weighted by molar-refractivity contribution is -2.00. The molecule has 0 saturated carbocycles. The van der Waals surface area contributed by atoms with E-state index >= 15 is 0 Å². The number of nitriles is 1. The SMILES string of the molecule is N#C[NH2+]C(=N)N.[O-][Cl+3]([O-])([O-])[O-]. The Hall–Kier alpha value is -0.950. The summed E-state index contributed by atoms with van der Waals surface area (Å²) in [4.78, 5) is 0. The van der Waals surface area contributed by atoms with Crippen LogP contribution in [-0.2, 0) is 0 Å². The van der Waals surface area contributed by atoms with Crippen LogP contribution in [0.5, 0.6) is 0 Å². The van der Waals surface area contributed by atoms with Crippen LogP contribution in [0.1, 0.15) is 0 Å². The second-order valence-corrected chi connectivity index (χ2v) is 1.86. The molecule has 8 nitrogen and oxygen atoms in total. The maximum atomic E-state index is 8.49. The molecule has 0 fully saturated rings. The van der Waals surface area contributed by atoms with Crippen molar-refractivity contribution in [3.63, 3.8) is 0 Å². The molecular weight excluding hydrogens is 179 g/mol. The highest BCUT2D eigenvalue weighted by Crippen LogP contribution is 1.49. The van der Waals surface area contributed by atoms with Crippen LogP contribution in [-0.4, -0.2) is 5.96 Å². The number of quaternary nitrogens is 1. The van der Waals surface area contributed by atoms with Gasteiger partial charge < -0.3 is 5.73 Å². The van der Waals surface area contributed by atoms with Gasteiger partial charge in [-0.15, -0.1) is 15.5 Å². The van der Waals surface area contributed by atoms with Crippen molar-refractivity contribution in [1.29, 1.82) is 10.7 Å². The maximum Gasteiger partial charge on any atom is 0.313 e. The number of guanidine groups is 1. The molecule has 0 radical (unpaired) electrons. The molecule has 0 heterocycles. The summed E-state index contributed by atoms with van der Waals surface area (Å²) in [5, 5.41) is 15.1. The van der Waals surface area contributed by atoms with Gasteiger partial charge in [0.25, 0.3) is 0 Å². The van der Waals surface area contributed by atoms with E-state index in [1.165, 1.54) is 0 Å². The van der Waals surface area contributed by atoms with Gasteiger partial charge in [-0.1, -0.05) is 0 Å². The highest BCUT2D eigenvalue weighted by Gasteiger charge is 1.84. The molecule has 0 aromatic carbocycles. The number of nitrogens with zero attached hydrogens (tertiary/aromatic N) is 1. The van der Waals surface area contributed by atoms with Gasteiger partial charge in [-0.25, -0.2) is 24.0 Å². The van der Waals surface area contributed by atoms with E-state index in [2.05, 4.69) is 0 Å². The van der Waals surface area contributed by atoms with Gasteiger partial charge in [-0.05, 0) is 0 Å². The van der Waals surface area contributed by atoms with Gasteiger partial charge in [0.15, 0.2) is 0 Å². The second-order valence-electron chi connectivity index (χ2n) is 1.11. The lowest BCUT2D eigenvalue weighted by Crippen LogP contribution is -2.85. The van der Waals surface area contributed by atoms with Crippen LogP contribution in [0.4, 0.5) is 0 Å². The second kappa shape index (κ2) is 5.81. The van der Waals surface area contributed by atoms with Crippen molar-refractivity contribution >= 4 is 5.96 Å². The van der Waals surface area contributed by atoms with E-state index < -0.39 is 10.2 Å². The molecule has 0 aliphatic carbocycles. The molecular formula is C2H5ClN4O4. The monoisotopic (exact) mass is 184 g/mol. The summed E-state index contributed by atoms with van der Waals surface area (Å²) in [6.45, 7) is 0. The highest BCUT2D eigenvalue weighted by atomic mass is 35.7. The summed E-state index contributed by atoms with van der Waals surface area (Å²) in [6, 6.07) is 0. The number of hydrogen-bond donors (Lipinski definition) is 3. The molecule has 5 N–H and O–H groups in total. The fourth-order valence-electron chi connectivity index (χ4n) is 0.0695.